The Morgan fingerprint density at radius 1 is 1.53 bits per heavy atom. The quantitative estimate of drug-likeness (QED) is 0.783. The van der Waals surface area contributed by atoms with Gasteiger partial charge in [0.15, 0.2) is 0 Å². The van der Waals surface area contributed by atoms with Crippen molar-refractivity contribution in [2.24, 2.45) is 0 Å². The third kappa shape index (κ3) is 4.83. The zero-order valence-corrected chi connectivity index (χ0v) is 11.5. The van der Waals surface area contributed by atoms with E-state index >= 15 is 0 Å². The predicted octanol–water partition coefficient (Wildman–Crippen LogP) is 2.58. The second-order valence-electron chi connectivity index (χ2n) is 3.71. The average Bonchev–Trinajstić information content (AvgIpc) is 2.22. The highest BCUT2D eigenvalue weighted by Crippen LogP contribution is 2.16. The molecule has 0 aliphatic rings. The van der Waals surface area contributed by atoms with Crippen LogP contribution in [-0.4, -0.2) is 31.1 Å². The van der Waals surface area contributed by atoms with Gasteiger partial charge in [0.2, 0.25) is 0 Å². The Hall–Kier alpha value is -0.940. The van der Waals surface area contributed by atoms with E-state index in [1.165, 1.54) is 6.07 Å². The molecule has 94 valence electrons. The molecule has 0 aliphatic carbocycles. The van der Waals surface area contributed by atoms with E-state index in [0.717, 1.165) is 0 Å². The van der Waals surface area contributed by atoms with Gasteiger partial charge in [0.25, 0.3) is 0 Å². The zero-order valence-electron chi connectivity index (χ0n) is 9.87. The Labute approximate surface area is 109 Å². The van der Waals surface area contributed by atoms with Gasteiger partial charge in [-0.3, -0.25) is 9.69 Å². The van der Waals surface area contributed by atoms with Gasteiger partial charge in [0.05, 0.1) is 13.2 Å². The maximum absolute atomic E-state index is 13.5. The number of hydrogen-bond donors (Lipinski definition) is 0. The maximum Gasteiger partial charge on any atom is 0.320 e. The summed E-state index contributed by atoms with van der Waals surface area (Å²) < 4.78 is 19.0. The molecule has 0 unspecified atom stereocenters. The fraction of sp³-hybridized carbons (Fsp3) is 0.417. The van der Waals surface area contributed by atoms with Crippen molar-refractivity contribution in [2.45, 2.75) is 13.5 Å². The van der Waals surface area contributed by atoms with Gasteiger partial charge in [-0.2, -0.15) is 0 Å². The number of benzene rings is 1. The summed E-state index contributed by atoms with van der Waals surface area (Å²) in [4.78, 5) is 12.9. The molecule has 1 aromatic carbocycles. The first-order chi connectivity index (χ1) is 8.02. The highest BCUT2D eigenvalue weighted by atomic mass is 79.9. The minimum atomic E-state index is -0.299. The lowest BCUT2D eigenvalue weighted by Crippen LogP contribution is -2.27. The number of esters is 1. The summed E-state index contributed by atoms with van der Waals surface area (Å²) in [5.41, 5.74) is 0.556. The molecule has 0 bridgehead atoms. The molecule has 17 heavy (non-hydrogen) atoms. The first kappa shape index (κ1) is 14.1. The molecule has 0 atom stereocenters. The van der Waals surface area contributed by atoms with Crippen LogP contribution in [0.5, 0.6) is 0 Å². The number of nitrogens with zero attached hydrogens (tertiary/aromatic N) is 1. The molecule has 1 rings (SSSR count). The molecule has 0 N–H and O–H groups in total. The topological polar surface area (TPSA) is 29.5 Å². The Morgan fingerprint density at radius 3 is 2.82 bits per heavy atom. The smallest absolute Gasteiger partial charge is 0.320 e. The number of ether oxygens (including phenoxy) is 1. The highest BCUT2D eigenvalue weighted by molar-refractivity contribution is 9.10. The molecular weight excluding hydrogens is 289 g/mol. The number of hydrogen-bond acceptors (Lipinski definition) is 3. The van der Waals surface area contributed by atoms with Crippen LogP contribution in [0, 0.1) is 5.82 Å². The molecule has 0 heterocycles. The summed E-state index contributed by atoms with van der Waals surface area (Å²) in [5.74, 6) is -0.581. The van der Waals surface area contributed by atoms with Crippen LogP contribution in [0.1, 0.15) is 12.5 Å². The molecule has 3 nitrogen and oxygen atoms in total. The minimum Gasteiger partial charge on any atom is -0.465 e. The molecule has 0 spiro atoms. The van der Waals surface area contributed by atoms with Gasteiger partial charge < -0.3 is 4.74 Å². The SMILES string of the molecule is CCOC(=O)CN(C)Cc1ccc(Br)cc1F. The number of carbonyl (C=O) groups excluding carboxylic acids is 1. The van der Waals surface area contributed by atoms with Crippen LogP contribution in [0.25, 0.3) is 0 Å². The van der Waals surface area contributed by atoms with Crippen molar-refractivity contribution in [1.82, 2.24) is 4.90 Å². The lowest BCUT2D eigenvalue weighted by atomic mass is 10.2. The van der Waals surface area contributed by atoms with Crippen LogP contribution in [-0.2, 0) is 16.1 Å². The van der Waals surface area contributed by atoms with Crippen molar-refractivity contribution in [2.75, 3.05) is 20.2 Å². The van der Waals surface area contributed by atoms with Crippen molar-refractivity contribution < 1.29 is 13.9 Å². The molecular formula is C12H15BrFNO2. The normalized spacial score (nSPS) is 10.6. The van der Waals surface area contributed by atoms with Crippen molar-refractivity contribution in [1.29, 1.82) is 0 Å². The molecule has 1 aromatic rings. The summed E-state index contributed by atoms with van der Waals surface area (Å²) >= 11 is 3.20. The van der Waals surface area contributed by atoms with Gasteiger partial charge in [0, 0.05) is 16.6 Å². The average molecular weight is 304 g/mol. The van der Waals surface area contributed by atoms with Crippen LogP contribution < -0.4 is 0 Å². The Morgan fingerprint density at radius 2 is 2.24 bits per heavy atom. The highest BCUT2D eigenvalue weighted by Gasteiger charge is 2.10. The lowest BCUT2D eigenvalue weighted by molar-refractivity contribution is -0.144. The van der Waals surface area contributed by atoms with E-state index in [9.17, 15) is 9.18 Å². The van der Waals surface area contributed by atoms with Crippen molar-refractivity contribution in [3.8, 4) is 0 Å². The van der Waals surface area contributed by atoms with Gasteiger partial charge >= 0.3 is 5.97 Å². The van der Waals surface area contributed by atoms with E-state index in [1.54, 1.807) is 31.0 Å². The Balaban J connectivity index is 2.55. The third-order valence-corrected chi connectivity index (χ3v) is 2.65. The van der Waals surface area contributed by atoms with E-state index in [0.29, 0.717) is 23.2 Å². The standard InChI is InChI=1S/C12H15BrFNO2/c1-3-17-12(16)8-15(2)7-9-4-5-10(13)6-11(9)14/h4-6H,3,7-8H2,1-2H3. The van der Waals surface area contributed by atoms with Crippen molar-refractivity contribution >= 4 is 21.9 Å². The van der Waals surface area contributed by atoms with Crippen molar-refractivity contribution in [3.63, 3.8) is 0 Å². The lowest BCUT2D eigenvalue weighted by Gasteiger charge is -2.16. The molecule has 0 amide bonds. The second-order valence-corrected chi connectivity index (χ2v) is 4.63. The molecule has 0 radical (unpaired) electrons. The Kier molecular flexibility index (Phi) is 5.58. The van der Waals surface area contributed by atoms with Crippen LogP contribution in [0.15, 0.2) is 22.7 Å². The van der Waals surface area contributed by atoms with Crippen LogP contribution in [0.4, 0.5) is 4.39 Å². The molecule has 0 saturated heterocycles. The van der Waals surface area contributed by atoms with Gasteiger partial charge in [0.1, 0.15) is 5.82 Å². The second kappa shape index (κ2) is 6.71. The van der Waals surface area contributed by atoms with Crippen LogP contribution in [0.3, 0.4) is 0 Å². The van der Waals surface area contributed by atoms with Crippen molar-refractivity contribution in [3.05, 3.63) is 34.1 Å². The largest absolute Gasteiger partial charge is 0.465 e. The van der Waals surface area contributed by atoms with E-state index in [2.05, 4.69) is 15.9 Å². The summed E-state index contributed by atoms with van der Waals surface area (Å²) in [6, 6.07) is 4.88. The minimum absolute atomic E-state index is 0.156. The number of carbonyl (C=O) groups is 1. The molecule has 0 saturated carbocycles. The van der Waals surface area contributed by atoms with Gasteiger partial charge in [-0.05, 0) is 26.1 Å². The van der Waals surface area contributed by atoms with E-state index in [-0.39, 0.29) is 18.3 Å². The zero-order chi connectivity index (χ0) is 12.8. The summed E-state index contributed by atoms with van der Waals surface area (Å²) in [5, 5.41) is 0. The summed E-state index contributed by atoms with van der Waals surface area (Å²) in [6.07, 6.45) is 0. The molecule has 0 aromatic heterocycles. The fourth-order valence-corrected chi connectivity index (χ4v) is 1.76. The molecule has 0 aliphatic heterocycles. The maximum atomic E-state index is 13.5. The summed E-state index contributed by atoms with van der Waals surface area (Å²) in [7, 11) is 1.75. The van der Waals surface area contributed by atoms with E-state index in [1.807, 2.05) is 0 Å². The summed E-state index contributed by atoms with van der Waals surface area (Å²) in [6.45, 7) is 2.65. The van der Waals surface area contributed by atoms with Gasteiger partial charge in [-0.1, -0.05) is 22.0 Å². The van der Waals surface area contributed by atoms with Crippen LogP contribution in [0.2, 0.25) is 0 Å². The number of rotatable bonds is 5. The first-order valence-corrected chi connectivity index (χ1v) is 6.10. The third-order valence-electron chi connectivity index (χ3n) is 2.16. The number of likely N-dealkylation sites (N-methyl/N-ethyl adjacent to an activating group) is 1. The van der Waals surface area contributed by atoms with Gasteiger partial charge in [-0.25, -0.2) is 4.39 Å². The monoisotopic (exact) mass is 303 g/mol. The fourth-order valence-electron chi connectivity index (χ4n) is 1.42. The molecule has 0 fully saturated rings. The van der Waals surface area contributed by atoms with Crippen LogP contribution >= 0.6 is 15.9 Å². The van der Waals surface area contributed by atoms with E-state index < -0.39 is 0 Å². The number of halogens is 2. The Bertz CT molecular complexity index is 398. The van der Waals surface area contributed by atoms with Gasteiger partial charge in [-0.15, -0.1) is 0 Å². The molecule has 5 heteroatoms. The first-order valence-electron chi connectivity index (χ1n) is 5.31. The van der Waals surface area contributed by atoms with E-state index in [4.69, 9.17) is 4.74 Å². The predicted molar refractivity (Wildman–Crippen MR) is 67.1 cm³/mol.